The number of hydrogen-bond acceptors (Lipinski definition) is 2. The van der Waals surface area contributed by atoms with Crippen molar-refractivity contribution in [1.29, 1.82) is 0 Å². The van der Waals surface area contributed by atoms with Crippen LogP contribution in [0.15, 0.2) is 12.7 Å². The minimum Gasteiger partial charge on any atom is -0.380 e. The largest absolute Gasteiger partial charge is 0.380 e. The van der Waals surface area contributed by atoms with E-state index in [2.05, 4.69) is 32.7 Å². The second-order valence-electron chi connectivity index (χ2n) is 4.42. The fraction of sp³-hybridized carbons (Fsp3) is 0.818. The van der Waals surface area contributed by atoms with Gasteiger partial charge in [-0.2, -0.15) is 0 Å². The van der Waals surface area contributed by atoms with Crippen LogP contribution in [0, 0.1) is 5.41 Å². The van der Waals surface area contributed by atoms with E-state index in [1.165, 1.54) is 0 Å². The van der Waals surface area contributed by atoms with Crippen molar-refractivity contribution in [3.8, 4) is 0 Å². The van der Waals surface area contributed by atoms with Gasteiger partial charge in [-0.1, -0.05) is 26.8 Å². The minimum atomic E-state index is 0.383. The number of nitrogens with one attached hydrogen (secondary N) is 1. The van der Waals surface area contributed by atoms with Gasteiger partial charge in [-0.25, -0.2) is 0 Å². The topological polar surface area (TPSA) is 21.3 Å². The summed E-state index contributed by atoms with van der Waals surface area (Å²) in [4.78, 5) is 0. The molecule has 0 fully saturated rings. The lowest BCUT2D eigenvalue weighted by Gasteiger charge is -2.17. The third-order valence-electron chi connectivity index (χ3n) is 1.71. The van der Waals surface area contributed by atoms with Crippen LogP contribution in [0.25, 0.3) is 0 Å². The van der Waals surface area contributed by atoms with Gasteiger partial charge in [-0.3, -0.25) is 0 Å². The summed E-state index contributed by atoms with van der Waals surface area (Å²) >= 11 is 0. The fourth-order valence-electron chi connectivity index (χ4n) is 0.829. The summed E-state index contributed by atoms with van der Waals surface area (Å²) in [6, 6.07) is 0. The lowest BCUT2D eigenvalue weighted by Crippen LogP contribution is -2.20. The first-order chi connectivity index (χ1) is 6.06. The Hall–Kier alpha value is -0.340. The van der Waals surface area contributed by atoms with E-state index in [1.54, 1.807) is 0 Å². The van der Waals surface area contributed by atoms with Crippen molar-refractivity contribution in [2.75, 3.05) is 26.3 Å². The molecule has 78 valence electrons. The summed E-state index contributed by atoms with van der Waals surface area (Å²) in [5.41, 5.74) is 0.383. The highest BCUT2D eigenvalue weighted by molar-refractivity contribution is 4.69. The van der Waals surface area contributed by atoms with Gasteiger partial charge in [0, 0.05) is 19.7 Å². The van der Waals surface area contributed by atoms with Gasteiger partial charge in [-0.15, -0.1) is 6.58 Å². The summed E-state index contributed by atoms with van der Waals surface area (Å²) in [5, 5.41) is 3.19. The van der Waals surface area contributed by atoms with Gasteiger partial charge in [0.1, 0.15) is 0 Å². The molecule has 0 atom stereocenters. The summed E-state index contributed by atoms with van der Waals surface area (Å²) in [5.74, 6) is 0. The molecule has 0 aromatic heterocycles. The molecule has 13 heavy (non-hydrogen) atoms. The molecule has 0 rings (SSSR count). The van der Waals surface area contributed by atoms with Crippen LogP contribution in [0.2, 0.25) is 0 Å². The van der Waals surface area contributed by atoms with Gasteiger partial charge in [0.25, 0.3) is 0 Å². The maximum Gasteiger partial charge on any atom is 0.0591 e. The van der Waals surface area contributed by atoms with Crippen molar-refractivity contribution < 1.29 is 4.74 Å². The first-order valence-corrected chi connectivity index (χ1v) is 4.95. The second-order valence-corrected chi connectivity index (χ2v) is 4.42. The van der Waals surface area contributed by atoms with Crippen LogP contribution in [-0.2, 0) is 4.74 Å². The summed E-state index contributed by atoms with van der Waals surface area (Å²) in [7, 11) is 0. The first kappa shape index (κ1) is 12.7. The van der Waals surface area contributed by atoms with Crippen molar-refractivity contribution >= 4 is 0 Å². The van der Waals surface area contributed by atoms with E-state index < -0.39 is 0 Å². The quantitative estimate of drug-likeness (QED) is 0.485. The standard InChI is InChI=1S/C11H23NO/c1-5-7-12-8-10-13-9-6-11(2,3)4/h5,12H,1,6-10H2,2-4H3. The first-order valence-electron chi connectivity index (χ1n) is 4.95. The smallest absolute Gasteiger partial charge is 0.0591 e. The molecular formula is C11H23NO. The van der Waals surface area contributed by atoms with Gasteiger partial charge < -0.3 is 10.1 Å². The van der Waals surface area contributed by atoms with E-state index in [0.717, 1.165) is 32.7 Å². The Balaban J connectivity index is 3.04. The van der Waals surface area contributed by atoms with Gasteiger partial charge in [-0.05, 0) is 11.8 Å². The highest BCUT2D eigenvalue weighted by atomic mass is 16.5. The Morgan fingerprint density at radius 1 is 1.31 bits per heavy atom. The molecule has 2 nitrogen and oxygen atoms in total. The lowest BCUT2D eigenvalue weighted by molar-refractivity contribution is 0.110. The molecule has 0 bridgehead atoms. The molecule has 0 aromatic rings. The zero-order valence-corrected chi connectivity index (χ0v) is 9.23. The average Bonchev–Trinajstić information content (AvgIpc) is 2.01. The third kappa shape index (κ3) is 11.7. The van der Waals surface area contributed by atoms with Gasteiger partial charge >= 0.3 is 0 Å². The predicted octanol–water partition coefficient (Wildman–Crippen LogP) is 2.21. The molecule has 0 aliphatic heterocycles. The molecule has 1 N–H and O–H groups in total. The molecule has 0 aliphatic rings. The zero-order chi connectivity index (χ0) is 10.2. The highest BCUT2D eigenvalue weighted by Crippen LogP contribution is 2.17. The van der Waals surface area contributed by atoms with Gasteiger partial charge in [0.2, 0.25) is 0 Å². The molecule has 0 aromatic carbocycles. The third-order valence-corrected chi connectivity index (χ3v) is 1.71. The lowest BCUT2D eigenvalue weighted by atomic mass is 9.93. The second kappa shape index (κ2) is 7.10. The SMILES string of the molecule is C=CCNCCOCCC(C)(C)C. The van der Waals surface area contributed by atoms with Crippen LogP contribution >= 0.6 is 0 Å². The minimum absolute atomic E-state index is 0.383. The Kier molecular flexibility index (Phi) is 6.92. The predicted molar refractivity (Wildman–Crippen MR) is 58.0 cm³/mol. The van der Waals surface area contributed by atoms with Crippen LogP contribution in [0.5, 0.6) is 0 Å². The molecule has 0 aliphatic carbocycles. The van der Waals surface area contributed by atoms with Crippen molar-refractivity contribution in [3.63, 3.8) is 0 Å². The Bertz CT molecular complexity index is 127. The summed E-state index contributed by atoms with van der Waals surface area (Å²) in [6.07, 6.45) is 2.98. The van der Waals surface area contributed by atoms with E-state index in [1.807, 2.05) is 6.08 Å². The van der Waals surface area contributed by atoms with Crippen LogP contribution in [-0.4, -0.2) is 26.3 Å². The Labute approximate surface area is 82.4 Å². The van der Waals surface area contributed by atoms with Crippen LogP contribution in [0.1, 0.15) is 27.2 Å². The molecule has 2 heteroatoms. The zero-order valence-electron chi connectivity index (χ0n) is 9.23. The highest BCUT2D eigenvalue weighted by Gasteiger charge is 2.08. The number of rotatable bonds is 7. The van der Waals surface area contributed by atoms with Crippen molar-refractivity contribution in [1.82, 2.24) is 5.32 Å². The molecule has 0 radical (unpaired) electrons. The fourth-order valence-corrected chi connectivity index (χ4v) is 0.829. The maximum absolute atomic E-state index is 5.46. The molecule has 0 saturated carbocycles. The molecule has 0 unspecified atom stereocenters. The van der Waals surface area contributed by atoms with E-state index in [9.17, 15) is 0 Å². The monoisotopic (exact) mass is 185 g/mol. The summed E-state index contributed by atoms with van der Waals surface area (Å²) < 4.78 is 5.46. The number of ether oxygens (including phenoxy) is 1. The van der Waals surface area contributed by atoms with E-state index in [-0.39, 0.29) is 0 Å². The van der Waals surface area contributed by atoms with Crippen molar-refractivity contribution in [2.24, 2.45) is 5.41 Å². The molecule has 0 heterocycles. The van der Waals surface area contributed by atoms with Gasteiger partial charge in [0.05, 0.1) is 6.61 Å². The molecule has 0 saturated heterocycles. The molecule has 0 spiro atoms. The van der Waals surface area contributed by atoms with E-state index >= 15 is 0 Å². The van der Waals surface area contributed by atoms with Crippen LogP contribution in [0.4, 0.5) is 0 Å². The normalized spacial score (nSPS) is 11.6. The Morgan fingerprint density at radius 2 is 2.00 bits per heavy atom. The number of hydrogen-bond donors (Lipinski definition) is 1. The van der Waals surface area contributed by atoms with Crippen LogP contribution in [0.3, 0.4) is 0 Å². The molecule has 0 amide bonds. The Morgan fingerprint density at radius 3 is 2.54 bits per heavy atom. The molecular weight excluding hydrogens is 162 g/mol. The van der Waals surface area contributed by atoms with E-state index in [0.29, 0.717) is 5.41 Å². The van der Waals surface area contributed by atoms with Gasteiger partial charge in [0.15, 0.2) is 0 Å². The maximum atomic E-state index is 5.46. The van der Waals surface area contributed by atoms with E-state index in [4.69, 9.17) is 4.74 Å². The summed E-state index contributed by atoms with van der Waals surface area (Å²) in [6.45, 7) is 13.7. The van der Waals surface area contributed by atoms with Crippen molar-refractivity contribution in [2.45, 2.75) is 27.2 Å². The average molecular weight is 185 g/mol. The van der Waals surface area contributed by atoms with Crippen molar-refractivity contribution in [3.05, 3.63) is 12.7 Å². The van der Waals surface area contributed by atoms with Crippen LogP contribution < -0.4 is 5.32 Å².